The number of epoxide rings is 1. The van der Waals surface area contributed by atoms with E-state index in [4.69, 9.17) is 4.74 Å². The van der Waals surface area contributed by atoms with Gasteiger partial charge in [-0.05, 0) is 12.8 Å². The number of aliphatic hydroxyl groups is 1. The molecule has 0 aromatic rings. The van der Waals surface area contributed by atoms with Crippen LogP contribution in [-0.2, 0) is 4.74 Å². The van der Waals surface area contributed by atoms with Gasteiger partial charge in [0.15, 0.2) is 0 Å². The van der Waals surface area contributed by atoms with Crippen LogP contribution in [0.3, 0.4) is 0 Å². The van der Waals surface area contributed by atoms with Crippen molar-refractivity contribution < 1.29 is 9.84 Å². The summed E-state index contributed by atoms with van der Waals surface area (Å²) in [5, 5.41) is 10.3. The molecule has 1 unspecified atom stereocenters. The Bertz CT molecular complexity index is 155. The third-order valence-corrected chi connectivity index (χ3v) is 3.29. The summed E-state index contributed by atoms with van der Waals surface area (Å²) in [6.45, 7) is 0.877. The van der Waals surface area contributed by atoms with Crippen molar-refractivity contribution in [1.82, 2.24) is 0 Å². The number of rotatable bonds is 2. The van der Waals surface area contributed by atoms with Crippen LogP contribution >= 0.6 is 0 Å². The van der Waals surface area contributed by atoms with E-state index in [9.17, 15) is 5.11 Å². The summed E-state index contributed by atoms with van der Waals surface area (Å²) in [4.78, 5) is 0. The van der Waals surface area contributed by atoms with Crippen molar-refractivity contribution in [2.24, 2.45) is 0 Å². The third kappa shape index (κ3) is 2.96. The second kappa shape index (κ2) is 3.97. The van der Waals surface area contributed by atoms with Crippen molar-refractivity contribution in [2.45, 2.75) is 63.1 Å². The van der Waals surface area contributed by atoms with E-state index in [1.807, 2.05) is 0 Å². The largest absolute Gasteiger partial charge is 0.390 e. The Balaban J connectivity index is 1.83. The first-order chi connectivity index (χ1) is 6.29. The Labute approximate surface area is 80.3 Å². The van der Waals surface area contributed by atoms with Gasteiger partial charge >= 0.3 is 0 Å². The lowest BCUT2D eigenvalue weighted by atomic mass is 9.84. The van der Waals surface area contributed by atoms with Crippen LogP contribution in [0.1, 0.15) is 51.4 Å². The highest BCUT2D eigenvalue weighted by Gasteiger charge is 2.35. The lowest BCUT2D eigenvalue weighted by Crippen LogP contribution is -2.31. The molecule has 0 spiro atoms. The molecule has 0 radical (unpaired) electrons. The van der Waals surface area contributed by atoms with Crippen molar-refractivity contribution in [3.63, 3.8) is 0 Å². The van der Waals surface area contributed by atoms with Crippen LogP contribution in [0.4, 0.5) is 0 Å². The van der Waals surface area contributed by atoms with Crippen molar-refractivity contribution in [2.75, 3.05) is 6.61 Å². The molecule has 2 nitrogen and oxygen atoms in total. The van der Waals surface area contributed by atoms with E-state index < -0.39 is 0 Å². The molecule has 1 saturated heterocycles. The Kier molecular flexibility index (Phi) is 2.89. The molecule has 2 rings (SSSR count). The molecule has 2 heteroatoms. The summed E-state index contributed by atoms with van der Waals surface area (Å²) in [7, 11) is 0. The zero-order valence-corrected chi connectivity index (χ0v) is 8.30. The zero-order valence-electron chi connectivity index (χ0n) is 8.30. The normalized spacial score (nSPS) is 33.5. The molecule has 0 aromatic carbocycles. The van der Waals surface area contributed by atoms with E-state index in [0.717, 1.165) is 25.9 Å². The fraction of sp³-hybridized carbons (Fsp3) is 1.00. The molecular weight excluding hydrogens is 164 g/mol. The van der Waals surface area contributed by atoms with Gasteiger partial charge in [0.1, 0.15) is 0 Å². The summed E-state index contributed by atoms with van der Waals surface area (Å²) in [6.07, 6.45) is 9.60. The number of ether oxygens (including phenoxy) is 1. The maximum atomic E-state index is 10.3. The smallest absolute Gasteiger partial charge is 0.0837 e. The van der Waals surface area contributed by atoms with E-state index in [0.29, 0.717) is 6.10 Å². The third-order valence-electron chi connectivity index (χ3n) is 3.29. The average Bonchev–Trinajstić information content (AvgIpc) is 2.82. The molecule has 76 valence electrons. The molecule has 1 atom stereocenters. The zero-order chi connectivity index (χ0) is 9.15. The summed E-state index contributed by atoms with van der Waals surface area (Å²) in [5.41, 5.74) is -0.387. The minimum atomic E-state index is -0.387. The van der Waals surface area contributed by atoms with Crippen LogP contribution in [0, 0.1) is 0 Å². The summed E-state index contributed by atoms with van der Waals surface area (Å²) >= 11 is 0. The lowest BCUT2D eigenvalue weighted by molar-refractivity contribution is -0.000130. The van der Waals surface area contributed by atoms with Gasteiger partial charge in [-0.1, -0.05) is 32.1 Å². The summed E-state index contributed by atoms with van der Waals surface area (Å²) in [5.74, 6) is 0. The highest BCUT2D eigenvalue weighted by atomic mass is 16.6. The Morgan fingerprint density at radius 3 is 2.15 bits per heavy atom. The van der Waals surface area contributed by atoms with E-state index in [1.165, 1.54) is 32.1 Å². The highest BCUT2D eigenvalue weighted by Crippen LogP contribution is 2.33. The van der Waals surface area contributed by atoms with E-state index in [2.05, 4.69) is 0 Å². The fourth-order valence-corrected chi connectivity index (χ4v) is 2.38. The molecule has 2 fully saturated rings. The standard InChI is InChI=1S/C11H20O2/c12-11(8-10-9-13-10)6-4-2-1-3-5-7-11/h10,12H,1-9H2. The van der Waals surface area contributed by atoms with Gasteiger partial charge in [-0.3, -0.25) is 0 Å². The molecule has 1 heterocycles. The van der Waals surface area contributed by atoms with Crippen molar-refractivity contribution in [3.05, 3.63) is 0 Å². The molecule has 1 N–H and O–H groups in total. The fourth-order valence-electron chi connectivity index (χ4n) is 2.38. The van der Waals surface area contributed by atoms with Gasteiger partial charge in [0.25, 0.3) is 0 Å². The second-order valence-corrected chi connectivity index (χ2v) is 4.65. The molecule has 1 aliphatic carbocycles. The first-order valence-electron chi connectivity index (χ1n) is 5.63. The Hall–Kier alpha value is -0.0800. The molecule has 0 amide bonds. The van der Waals surface area contributed by atoms with Crippen LogP contribution in [0.2, 0.25) is 0 Å². The molecule has 1 saturated carbocycles. The van der Waals surface area contributed by atoms with Gasteiger partial charge in [-0.25, -0.2) is 0 Å². The topological polar surface area (TPSA) is 32.8 Å². The second-order valence-electron chi connectivity index (χ2n) is 4.65. The minimum Gasteiger partial charge on any atom is -0.390 e. The van der Waals surface area contributed by atoms with Gasteiger partial charge in [0.2, 0.25) is 0 Å². The molecule has 2 aliphatic rings. The number of hydrogen-bond donors (Lipinski definition) is 1. The van der Waals surface area contributed by atoms with Crippen molar-refractivity contribution in [1.29, 1.82) is 0 Å². The predicted molar refractivity (Wildman–Crippen MR) is 51.6 cm³/mol. The minimum absolute atomic E-state index is 0.379. The molecular formula is C11H20O2. The van der Waals surface area contributed by atoms with Gasteiger partial charge in [-0.15, -0.1) is 0 Å². The van der Waals surface area contributed by atoms with E-state index in [-0.39, 0.29) is 5.60 Å². The summed E-state index contributed by atoms with van der Waals surface area (Å²) < 4.78 is 5.19. The SMILES string of the molecule is OC1(CC2CO2)CCCCCCC1. The lowest BCUT2D eigenvalue weighted by Gasteiger charge is -2.29. The first kappa shape index (κ1) is 9.47. The molecule has 0 bridgehead atoms. The van der Waals surface area contributed by atoms with Crippen LogP contribution in [-0.4, -0.2) is 23.4 Å². The average molecular weight is 184 g/mol. The monoisotopic (exact) mass is 184 g/mol. The molecule has 0 aromatic heterocycles. The van der Waals surface area contributed by atoms with Crippen molar-refractivity contribution >= 4 is 0 Å². The Morgan fingerprint density at radius 2 is 1.62 bits per heavy atom. The van der Waals surface area contributed by atoms with Crippen LogP contribution in [0.15, 0.2) is 0 Å². The van der Waals surface area contributed by atoms with E-state index in [1.54, 1.807) is 0 Å². The van der Waals surface area contributed by atoms with Crippen LogP contribution in [0.25, 0.3) is 0 Å². The number of hydrogen-bond acceptors (Lipinski definition) is 2. The maximum Gasteiger partial charge on any atom is 0.0837 e. The van der Waals surface area contributed by atoms with Gasteiger partial charge in [0, 0.05) is 6.42 Å². The van der Waals surface area contributed by atoms with Crippen LogP contribution < -0.4 is 0 Å². The first-order valence-corrected chi connectivity index (χ1v) is 5.63. The van der Waals surface area contributed by atoms with Crippen LogP contribution in [0.5, 0.6) is 0 Å². The highest BCUT2D eigenvalue weighted by molar-refractivity contribution is 4.86. The quantitative estimate of drug-likeness (QED) is 0.668. The summed E-state index contributed by atoms with van der Waals surface area (Å²) in [6, 6.07) is 0. The van der Waals surface area contributed by atoms with Gasteiger partial charge in [-0.2, -0.15) is 0 Å². The van der Waals surface area contributed by atoms with Gasteiger partial charge in [0.05, 0.1) is 18.3 Å². The predicted octanol–water partition coefficient (Wildman–Crippen LogP) is 2.25. The van der Waals surface area contributed by atoms with E-state index >= 15 is 0 Å². The van der Waals surface area contributed by atoms with Crippen molar-refractivity contribution in [3.8, 4) is 0 Å². The Morgan fingerprint density at radius 1 is 1.08 bits per heavy atom. The van der Waals surface area contributed by atoms with Gasteiger partial charge < -0.3 is 9.84 Å². The molecule has 1 aliphatic heterocycles. The molecule has 13 heavy (non-hydrogen) atoms. The maximum absolute atomic E-state index is 10.3.